The van der Waals surface area contributed by atoms with Crippen molar-refractivity contribution in [2.75, 3.05) is 14.2 Å². The second-order valence-corrected chi connectivity index (χ2v) is 5.03. The fraction of sp³-hybridized carbons (Fsp3) is 0.294. The summed E-state index contributed by atoms with van der Waals surface area (Å²) in [5, 5.41) is 0. The zero-order chi connectivity index (χ0) is 13.5. The number of methoxy groups -OCH3 is 2. The molecule has 0 heterocycles. The zero-order valence-electron chi connectivity index (χ0n) is 11.5. The lowest BCUT2D eigenvalue weighted by molar-refractivity contribution is 0.0247. The molecule has 0 spiro atoms. The van der Waals surface area contributed by atoms with Gasteiger partial charge in [0, 0.05) is 14.2 Å². The fourth-order valence-corrected chi connectivity index (χ4v) is 3.11. The molecule has 0 amide bonds. The van der Waals surface area contributed by atoms with Crippen LogP contribution in [0.15, 0.2) is 48.5 Å². The van der Waals surface area contributed by atoms with Gasteiger partial charge in [-0.1, -0.05) is 48.5 Å². The first-order chi connectivity index (χ1) is 9.22. The molecule has 0 saturated heterocycles. The van der Waals surface area contributed by atoms with Gasteiger partial charge in [0.15, 0.2) is 0 Å². The van der Waals surface area contributed by atoms with Crippen LogP contribution < -0.4 is 0 Å². The van der Waals surface area contributed by atoms with Crippen molar-refractivity contribution in [1.82, 2.24) is 0 Å². The molecule has 0 saturated carbocycles. The normalized spacial score (nSPS) is 24.7. The van der Waals surface area contributed by atoms with Gasteiger partial charge in [-0.3, -0.25) is 0 Å². The van der Waals surface area contributed by atoms with Crippen molar-refractivity contribution in [3.63, 3.8) is 0 Å². The van der Waals surface area contributed by atoms with E-state index in [1.165, 1.54) is 22.3 Å². The van der Waals surface area contributed by atoms with Gasteiger partial charge in [0.1, 0.15) is 11.7 Å². The quantitative estimate of drug-likeness (QED) is 0.814. The summed E-state index contributed by atoms with van der Waals surface area (Å²) in [5.41, 5.74) is 4.33. The number of hydrogen-bond acceptors (Lipinski definition) is 2. The van der Waals surface area contributed by atoms with Crippen LogP contribution in [-0.4, -0.2) is 14.2 Å². The summed E-state index contributed by atoms with van der Waals surface area (Å²) in [6, 6.07) is 16.7. The van der Waals surface area contributed by atoms with Crippen molar-refractivity contribution < 1.29 is 9.47 Å². The molecular formula is C17H18O2. The van der Waals surface area contributed by atoms with Crippen LogP contribution in [0.3, 0.4) is 0 Å². The van der Waals surface area contributed by atoms with Crippen LogP contribution in [0.1, 0.15) is 35.3 Å². The molecule has 0 aliphatic heterocycles. The summed E-state index contributed by atoms with van der Waals surface area (Å²) in [6.07, 6.45) is -0.0179. The summed E-state index contributed by atoms with van der Waals surface area (Å²) in [4.78, 5) is 0. The Kier molecular flexibility index (Phi) is 2.92. The third kappa shape index (κ3) is 1.64. The highest BCUT2D eigenvalue weighted by Crippen LogP contribution is 2.47. The second-order valence-electron chi connectivity index (χ2n) is 5.03. The van der Waals surface area contributed by atoms with E-state index in [2.05, 4.69) is 55.5 Å². The van der Waals surface area contributed by atoms with Crippen molar-refractivity contribution >= 4 is 0 Å². The highest BCUT2D eigenvalue weighted by molar-refractivity contribution is 5.53. The highest BCUT2D eigenvalue weighted by Gasteiger charge is 2.40. The third-order valence-corrected chi connectivity index (χ3v) is 4.16. The van der Waals surface area contributed by atoms with Crippen molar-refractivity contribution in [2.45, 2.75) is 18.6 Å². The maximum absolute atomic E-state index is 5.87. The van der Waals surface area contributed by atoms with Crippen LogP contribution in [0.25, 0.3) is 0 Å². The second kappa shape index (κ2) is 4.48. The molecule has 19 heavy (non-hydrogen) atoms. The molecule has 2 heteroatoms. The lowest BCUT2D eigenvalue weighted by Crippen LogP contribution is -2.34. The molecule has 1 aliphatic rings. The summed E-state index contributed by atoms with van der Waals surface area (Å²) < 4.78 is 11.6. The molecule has 2 aromatic carbocycles. The minimum Gasteiger partial charge on any atom is -0.372 e. The Bertz CT molecular complexity index is 556. The van der Waals surface area contributed by atoms with E-state index in [9.17, 15) is 0 Å². The molecule has 0 aromatic heterocycles. The molecule has 2 nitrogen and oxygen atoms in total. The van der Waals surface area contributed by atoms with Crippen LogP contribution in [0, 0.1) is 0 Å². The summed E-state index contributed by atoms with van der Waals surface area (Å²) in [5.74, 6) is 0. The lowest BCUT2D eigenvalue weighted by Gasteiger charge is -2.40. The Hall–Kier alpha value is -1.64. The topological polar surface area (TPSA) is 18.5 Å². The standard InChI is InChI=1S/C17H18O2/c1-17(19-3)14-10-6-4-8-12(14)16(18-2)13-9-5-7-11-15(13)17/h4-11,16H,1-3H3. The number of ether oxygens (including phenoxy) is 2. The van der Waals surface area contributed by atoms with E-state index in [1.807, 2.05) is 0 Å². The Morgan fingerprint density at radius 3 is 1.74 bits per heavy atom. The zero-order valence-corrected chi connectivity index (χ0v) is 11.5. The van der Waals surface area contributed by atoms with Crippen molar-refractivity contribution in [3.05, 3.63) is 70.8 Å². The molecule has 0 bridgehead atoms. The Morgan fingerprint density at radius 1 is 0.842 bits per heavy atom. The number of fused-ring (bicyclic) bond motifs is 2. The maximum atomic E-state index is 5.87. The van der Waals surface area contributed by atoms with E-state index in [0.29, 0.717) is 0 Å². The highest BCUT2D eigenvalue weighted by atomic mass is 16.5. The van der Waals surface area contributed by atoms with Gasteiger partial charge in [0.05, 0.1) is 0 Å². The number of benzene rings is 2. The van der Waals surface area contributed by atoms with E-state index in [1.54, 1.807) is 14.2 Å². The first kappa shape index (κ1) is 12.4. The van der Waals surface area contributed by atoms with Crippen LogP contribution in [0.4, 0.5) is 0 Å². The van der Waals surface area contributed by atoms with Gasteiger partial charge in [-0.2, -0.15) is 0 Å². The van der Waals surface area contributed by atoms with Gasteiger partial charge in [-0.15, -0.1) is 0 Å². The maximum Gasteiger partial charge on any atom is 0.116 e. The largest absolute Gasteiger partial charge is 0.372 e. The average Bonchev–Trinajstić information content (AvgIpc) is 2.48. The molecule has 0 unspecified atom stereocenters. The van der Waals surface area contributed by atoms with E-state index in [0.717, 1.165) is 0 Å². The van der Waals surface area contributed by atoms with Crippen LogP contribution in [0.2, 0.25) is 0 Å². The van der Waals surface area contributed by atoms with E-state index < -0.39 is 5.60 Å². The van der Waals surface area contributed by atoms with Crippen molar-refractivity contribution in [2.24, 2.45) is 0 Å². The SMILES string of the molecule is COC1c2ccccc2C(C)(OC)c2ccccc21. The Labute approximate surface area is 114 Å². The van der Waals surface area contributed by atoms with Gasteiger partial charge in [0.25, 0.3) is 0 Å². The molecule has 2 aromatic rings. The van der Waals surface area contributed by atoms with Gasteiger partial charge in [-0.05, 0) is 29.2 Å². The first-order valence-electron chi connectivity index (χ1n) is 6.49. The molecule has 0 fully saturated rings. The fourth-order valence-electron chi connectivity index (χ4n) is 3.11. The number of hydrogen-bond donors (Lipinski definition) is 0. The van der Waals surface area contributed by atoms with Crippen LogP contribution in [-0.2, 0) is 15.1 Å². The lowest BCUT2D eigenvalue weighted by atomic mass is 9.74. The summed E-state index contributed by atoms with van der Waals surface area (Å²) >= 11 is 0. The monoisotopic (exact) mass is 254 g/mol. The van der Waals surface area contributed by atoms with E-state index >= 15 is 0 Å². The molecule has 1 aliphatic carbocycles. The van der Waals surface area contributed by atoms with Gasteiger partial charge < -0.3 is 9.47 Å². The smallest absolute Gasteiger partial charge is 0.116 e. The summed E-state index contributed by atoms with van der Waals surface area (Å²) in [6.45, 7) is 2.12. The predicted octanol–water partition coefficient (Wildman–Crippen LogP) is 3.65. The van der Waals surface area contributed by atoms with Gasteiger partial charge >= 0.3 is 0 Å². The van der Waals surface area contributed by atoms with E-state index in [-0.39, 0.29) is 6.10 Å². The molecule has 0 atom stereocenters. The van der Waals surface area contributed by atoms with Crippen molar-refractivity contribution in [1.29, 1.82) is 0 Å². The molecule has 98 valence electrons. The van der Waals surface area contributed by atoms with Crippen LogP contribution >= 0.6 is 0 Å². The minimum absolute atomic E-state index is 0.0179. The molecule has 0 radical (unpaired) electrons. The van der Waals surface area contributed by atoms with E-state index in [4.69, 9.17) is 9.47 Å². The van der Waals surface area contributed by atoms with Gasteiger partial charge in [-0.25, -0.2) is 0 Å². The molecular weight excluding hydrogens is 236 g/mol. The first-order valence-corrected chi connectivity index (χ1v) is 6.49. The van der Waals surface area contributed by atoms with Crippen molar-refractivity contribution in [3.8, 4) is 0 Å². The molecule has 3 rings (SSSR count). The Balaban J connectivity index is 2.33. The third-order valence-electron chi connectivity index (χ3n) is 4.16. The van der Waals surface area contributed by atoms with Crippen LogP contribution in [0.5, 0.6) is 0 Å². The average molecular weight is 254 g/mol. The summed E-state index contributed by atoms with van der Waals surface area (Å²) in [7, 11) is 3.52. The predicted molar refractivity (Wildman–Crippen MR) is 75.2 cm³/mol. The Morgan fingerprint density at radius 2 is 1.32 bits per heavy atom. The van der Waals surface area contributed by atoms with Gasteiger partial charge in [0.2, 0.25) is 0 Å². The minimum atomic E-state index is -0.414. The number of rotatable bonds is 2. The molecule has 0 N–H and O–H groups in total.